The fourth-order valence-electron chi connectivity index (χ4n) is 4.13. The number of nitrogens with zero attached hydrogens (tertiary/aromatic N) is 1. The summed E-state index contributed by atoms with van der Waals surface area (Å²) >= 11 is 6.02. The largest absolute Gasteiger partial charge is 0.494 e. The van der Waals surface area contributed by atoms with E-state index < -0.39 is 6.04 Å². The van der Waals surface area contributed by atoms with Crippen molar-refractivity contribution in [2.75, 3.05) is 6.61 Å². The molecule has 0 spiro atoms. The van der Waals surface area contributed by atoms with E-state index in [1.54, 1.807) is 4.90 Å². The Labute approximate surface area is 202 Å². The molecule has 1 saturated carbocycles. The van der Waals surface area contributed by atoms with Gasteiger partial charge in [-0.25, -0.2) is 0 Å². The third kappa shape index (κ3) is 8.08. The molecule has 178 valence electrons. The van der Waals surface area contributed by atoms with E-state index in [-0.39, 0.29) is 17.9 Å². The molecule has 33 heavy (non-hydrogen) atoms. The molecule has 0 bridgehead atoms. The molecule has 0 heterocycles. The van der Waals surface area contributed by atoms with Crippen LogP contribution in [0.3, 0.4) is 0 Å². The molecule has 2 amide bonds. The summed E-state index contributed by atoms with van der Waals surface area (Å²) in [5, 5.41) is 3.81. The van der Waals surface area contributed by atoms with E-state index in [1.165, 1.54) is 12.0 Å². The molecule has 1 aliphatic rings. The van der Waals surface area contributed by atoms with Crippen LogP contribution in [0.5, 0.6) is 5.75 Å². The number of benzene rings is 2. The van der Waals surface area contributed by atoms with Crippen LogP contribution in [-0.4, -0.2) is 35.4 Å². The van der Waals surface area contributed by atoms with Crippen LogP contribution in [0.1, 0.15) is 63.0 Å². The fourth-order valence-corrected chi connectivity index (χ4v) is 4.26. The monoisotopic (exact) mass is 470 g/mol. The first kappa shape index (κ1) is 25.1. The first-order valence-corrected chi connectivity index (χ1v) is 12.3. The predicted molar refractivity (Wildman–Crippen MR) is 132 cm³/mol. The average molecular weight is 471 g/mol. The van der Waals surface area contributed by atoms with E-state index in [9.17, 15) is 9.59 Å². The number of aryl methyl sites for hydroxylation is 1. The molecule has 2 aromatic rings. The predicted octanol–water partition coefficient (Wildman–Crippen LogP) is 5.67. The molecule has 1 atom stereocenters. The Hall–Kier alpha value is -2.53. The minimum absolute atomic E-state index is 0.0521. The summed E-state index contributed by atoms with van der Waals surface area (Å²) in [6.45, 7) is 4.67. The normalized spacial score (nSPS) is 15.0. The van der Waals surface area contributed by atoms with E-state index in [2.05, 4.69) is 5.32 Å². The van der Waals surface area contributed by atoms with E-state index in [1.807, 2.05) is 62.4 Å². The van der Waals surface area contributed by atoms with Crippen molar-refractivity contribution in [3.63, 3.8) is 0 Å². The third-order valence-electron chi connectivity index (χ3n) is 6.21. The van der Waals surface area contributed by atoms with Gasteiger partial charge in [-0.05, 0) is 62.9 Å². The van der Waals surface area contributed by atoms with Gasteiger partial charge in [0.05, 0.1) is 6.61 Å². The Morgan fingerprint density at radius 3 is 2.39 bits per heavy atom. The summed E-state index contributed by atoms with van der Waals surface area (Å²) in [6.07, 6.45) is 6.45. The number of amides is 2. The lowest BCUT2D eigenvalue weighted by Gasteiger charge is -2.31. The van der Waals surface area contributed by atoms with Crippen molar-refractivity contribution in [3.8, 4) is 5.75 Å². The van der Waals surface area contributed by atoms with Crippen molar-refractivity contribution in [3.05, 3.63) is 64.7 Å². The number of halogens is 1. The highest BCUT2D eigenvalue weighted by atomic mass is 35.5. The molecule has 0 saturated heterocycles. The van der Waals surface area contributed by atoms with Crippen molar-refractivity contribution in [1.29, 1.82) is 0 Å². The second kappa shape index (κ2) is 12.6. The van der Waals surface area contributed by atoms with Gasteiger partial charge < -0.3 is 15.0 Å². The van der Waals surface area contributed by atoms with Gasteiger partial charge in [0, 0.05) is 24.0 Å². The van der Waals surface area contributed by atoms with Gasteiger partial charge in [0.2, 0.25) is 11.8 Å². The Balaban J connectivity index is 1.59. The zero-order valence-corrected chi connectivity index (χ0v) is 20.4. The second-order valence-corrected chi connectivity index (χ2v) is 9.37. The molecule has 5 nitrogen and oxygen atoms in total. The van der Waals surface area contributed by atoms with Crippen LogP contribution in [0.4, 0.5) is 0 Å². The van der Waals surface area contributed by atoms with Crippen LogP contribution < -0.4 is 10.1 Å². The van der Waals surface area contributed by atoms with Crippen molar-refractivity contribution < 1.29 is 14.3 Å². The Morgan fingerprint density at radius 1 is 1.06 bits per heavy atom. The van der Waals surface area contributed by atoms with E-state index >= 15 is 0 Å². The Bertz CT molecular complexity index is 893. The maximum atomic E-state index is 13.2. The van der Waals surface area contributed by atoms with Crippen LogP contribution in [0, 0.1) is 6.92 Å². The third-order valence-corrected chi connectivity index (χ3v) is 6.46. The van der Waals surface area contributed by atoms with E-state index in [4.69, 9.17) is 16.3 Å². The van der Waals surface area contributed by atoms with E-state index in [0.29, 0.717) is 31.0 Å². The van der Waals surface area contributed by atoms with Gasteiger partial charge in [0.15, 0.2) is 0 Å². The highest BCUT2D eigenvalue weighted by molar-refractivity contribution is 6.30. The molecule has 1 fully saturated rings. The maximum absolute atomic E-state index is 13.2. The molecule has 1 aliphatic carbocycles. The highest BCUT2D eigenvalue weighted by Crippen LogP contribution is 2.19. The Morgan fingerprint density at radius 2 is 1.73 bits per heavy atom. The highest BCUT2D eigenvalue weighted by Gasteiger charge is 2.27. The van der Waals surface area contributed by atoms with Crippen molar-refractivity contribution >= 4 is 23.4 Å². The van der Waals surface area contributed by atoms with Crippen molar-refractivity contribution in [2.45, 2.75) is 77.4 Å². The lowest BCUT2D eigenvalue weighted by atomic mass is 9.95. The van der Waals surface area contributed by atoms with Crippen molar-refractivity contribution in [1.82, 2.24) is 10.2 Å². The van der Waals surface area contributed by atoms with Gasteiger partial charge in [-0.3, -0.25) is 9.59 Å². The number of hydrogen-bond acceptors (Lipinski definition) is 3. The molecule has 1 N–H and O–H groups in total. The van der Waals surface area contributed by atoms with Gasteiger partial charge in [-0.15, -0.1) is 0 Å². The average Bonchev–Trinajstić information content (AvgIpc) is 2.82. The minimum Gasteiger partial charge on any atom is -0.494 e. The summed E-state index contributed by atoms with van der Waals surface area (Å²) in [7, 11) is 0. The first-order valence-electron chi connectivity index (χ1n) is 12.0. The zero-order chi connectivity index (χ0) is 23.6. The molecule has 2 aromatic carbocycles. The summed E-state index contributed by atoms with van der Waals surface area (Å²) in [4.78, 5) is 27.8. The summed E-state index contributed by atoms with van der Waals surface area (Å²) < 4.78 is 5.77. The molecular formula is C27H35ClN2O3. The molecular weight excluding hydrogens is 436 g/mol. The summed E-state index contributed by atoms with van der Waals surface area (Å²) in [5.41, 5.74) is 2.12. The lowest BCUT2D eigenvalue weighted by molar-refractivity contribution is -0.141. The van der Waals surface area contributed by atoms with Crippen LogP contribution in [0.15, 0.2) is 48.5 Å². The molecule has 0 radical (unpaired) electrons. The van der Waals surface area contributed by atoms with Crippen LogP contribution in [-0.2, 0) is 16.1 Å². The van der Waals surface area contributed by atoms with Gasteiger partial charge in [-0.1, -0.05) is 60.7 Å². The topological polar surface area (TPSA) is 58.6 Å². The van der Waals surface area contributed by atoms with Gasteiger partial charge in [-0.2, -0.15) is 0 Å². The molecule has 0 aromatic heterocycles. The maximum Gasteiger partial charge on any atom is 0.242 e. The second-order valence-electron chi connectivity index (χ2n) is 8.93. The lowest BCUT2D eigenvalue weighted by Crippen LogP contribution is -2.50. The standard InChI is InChI=1S/C27H35ClN2O3/c1-20-10-16-25(17-11-20)33-18-6-9-26(31)30(19-22-12-14-23(28)15-13-22)21(2)27(32)29-24-7-4-3-5-8-24/h10-17,21,24H,3-9,18-19H2,1-2H3,(H,29,32). The summed E-state index contributed by atoms with van der Waals surface area (Å²) in [5.74, 6) is 0.662. The number of rotatable bonds is 10. The number of ether oxygens (including phenoxy) is 1. The Kier molecular flexibility index (Phi) is 9.61. The van der Waals surface area contributed by atoms with Crippen LogP contribution in [0.25, 0.3) is 0 Å². The van der Waals surface area contributed by atoms with Crippen LogP contribution in [0.2, 0.25) is 5.02 Å². The quantitative estimate of drug-likeness (QED) is 0.455. The smallest absolute Gasteiger partial charge is 0.242 e. The molecule has 3 rings (SSSR count). The van der Waals surface area contributed by atoms with Gasteiger partial charge in [0.25, 0.3) is 0 Å². The van der Waals surface area contributed by atoms with Crippen molar-refractivity contribution in [2.24, 2.45) is 0 Å². The molecule has 6 heteroatoms. The number of nitrogens with one attached hydrogen (secondary N) is 1. The number of carbonyl (C=O) groups is 2. The van der Waals surface area contributed by atoms with Gasteiger partial charge >= 0.3 is 0 Å². The summed E-state index contributed by atoms with van der Waals surface area (Å²) in [6, 6.07) is 14.9. The number of hydrogen-bond donors (Lipinski definition) is 1. The fraction of sp³-hybridized carbons (Fsp3) is 0.481. The van der Waals surface area contributed by atoms with E-state index in [0.717, 1.165) is 37.0 Å². The first-order chi connectivity index (χ1) is 15.9. The number of carbonyl (C=O) groups excluding carboxylic acids is 2. The minimum atomic E-state index is -0.548. The van der Waals surface area contributed by atoms with Crippen LogP contribution >= 0.6 is 11.6 Å². The molecule has 0 aliphatic heterocycles. The zero-order valence-electron chi connectivity index (χ0n) is 19.7. The van der Waals surface area contributed by atoms with Gasteiger partial charge in [0.1, 0.15) is 11.8 Å². The SMILES string of the molecule is Cc1ccc(OCCCC(=O)N(Cc2ccc(Cl)cc2)C(C)C(=O)NC2CCCCC2)cc1. The molecule has 1 unspecified atom stereocenters.